The zero-order valence-electron chi connectivity index (χ0n) is 21.3. The molecule has 0 bridgehead atoms. The van der Waals surface area contributed by atoms with Crippen molar-refractivity contribution in [3.05, 3.63) is 143 Å². The van der Waals surface area contributed by atoms with Gasteiger partial charge in [-0.1, -0.05) is 66.2 Å². The standard InChI is InChI=1S/C33H26N2O4/c1-23-9-11-25(12-10-23)22-38-28-19-15-27(16-20-28)32(36)35-34-21-24-13-17-29(18-14-24)39-33(37)31-8-4-6-26-5-2-3-7-30(26)31/h2-21H,22H2,1H3,(H,35,36). The highest BCUT2D eigenvalue weighted by atomic mass is 16.5. The molecule has 0 saturated heterocycles. The zero-order valence-corrected chi connectivity index (χ0v) is 21.3. The molecule has 0 radical (unpaired) electrons. The van der Waals surface area contributed by atoms with E-state index in [0.29, 0.717) is 29.2 Å². The number of carbonyl (C=O) groups excluding carboxylic acids is 2. The first kappa shape index (κ1) is 25.4. The van der Waals surface area contributed by atoms with Crippen LogP contribution in [0.2, 0.25) is 0 Å². The van der Waals surface area contributed by atoms with Crippen molar-refractivity contribution >= 4 is 28.9 Å². The number of fused-ring (bicyclic) bond motifs is 1. The van der Waals surface area contributed by atoms with E-state index in [2.05, 4.69) is 10.5 Å². The Hall–Kier alpha value is -5.23. The molecule has 0 spiro atoms. The van der Waals surface area contributed by atoms with Gasteiger partial charge in [0.1, 0.15) is 18.1 Å². The van der Waals surface area contributed by atoms with Crippen LogP contribution in [0.5, 0.6) is 11.5 Å². The van der Waals surface area contributed by atoms with Gasteiger partial charge in [-0.3, -0.25) is 4.79 Å². The second-order valence-corrected chi connectivity index (χ2v) is 8.98. The molecule has 0 aromatic heterocycles. The summed E-state index contributed by atoms with van der Waals surface area (Å²) >= 11 is 0. The van der Waals surface area contributed by atoms with Gasteiger partial charge in [-0.15, -0.1) is 0 Å². The summed E-state index contributed by atoms with van der Waals surface area (Å²) in [7, 11) is 0. The molecule has 0 heterocycles. The molecule has 0 aliphatic rings. The highest BCUT2D eigenvalue weighted by Gasteiger charge is 2.12. The number of carbonyl (C=O) groups is 2. The number of hydrazone groups is 1. The average Bonchev–Trinajstić information content (AvgIpc) is 2.97. The maximum atomic E-state index is 12.7. The van der Waals surface area contributed by atoms with E-state index in [1.54, 1.807) is 54.6 Å². The van der Waals surface area contributed by atoms with Crippen molar-refractivity contribution < 1.29 is 19.1 Å². The second-order valence-electron chi connectivity index (χ2n) is 8.98. The van der Waals surface area contributed by atoms with E-state index in [0.717, 1.165) is 21.9 Å². The summed E-state index contributed by atoms with van der Waals surface area (Å²) < 4.78 is 11.3. The number of hydrogen-bond acceptors (Lipinski definition) is 5. The van der Waals surface area contributed by atoms with Crippen molar-refractivity contribution in [1.82, 2.24) is 5.43 Å². The molecule has 0 aliphatic heterocycles. The average molecular weight is 515 g/mol. The monoisotopic (exact) mass is 514 g/mol. The number of aryl methyl sites for hydroxylation is 1. The molecule has 5 aromatic rings. The van der Waals surface area contributed by atoms with E-state index >= 15 is 0 Å². The van der Waals surface area contributed by atoms with Crippen molar-refractivity contribution in [3.8, 4) is 11.5 Å². The number of nitrogens with zero attached hydrogens (tertiary/aromatic N) is 1. The van der Waals surface area contributed by atoms with E-state index < -0.39 is 5.97 Å². The summed E-state index contributed by atoms with van der Waals surface area (Å²) in [6, 6.07) is 35.1. The molecule has 192 valence electrons. The van der Waals surface area contributed by atoms with E-state index in [4.69, 9.17) is 9.47 Å². The zero-order chi connectivity index (χ0) is 27.0. The van der Waals surface area contributed by atoms with Gasteiger partial charge in [-0.2, -0.15) is 5.10 Å². The van der Waals surface area contributed by atoms with Gasteiger partial charge >= 0.3 is 5.97 Å². The number of hydrogen-bond donors (Lipinski definition) is 1. The largest absolute Gasteiger partial charge is 0.489 e. The summed E-state index contributed by atoms with van der Waals surface area (Å²) in [5.41, 5.74) is 6.50. The van der Waals surface area contributed by atoms with Crippen LogP contribution < -0.4 is 14.9 Å². The smallest absolute Gasteiger partial charge is 0.344 e. The molecule has 39 heavy (non-hydrogen) atoms. The van der Waals surface area contributed by atoms with Crippen molar-refractivity contribution in [3.63, 3.8) is 0 Å². The van der Waals surface area contributed by atoms with Crippen molar-refractivity contribution in [2.45, 2.75) is 13.5 Å². The number of ether oxygens (including phenoxy) is 2. The lowest BCUT2D eigenvalue weighted by Crippen LogP contribution is -2.17. The molecule has 6 nitrogen and oxygen atoms in total. The van der Waals surface area contributed by atoms with E-state index in [1.807, 2.05) is 67.6 Å². The summed E-state index contributed by atoms with van der Waals surface area (Å²) in [4.78, 5) is 25.2. The molecular weight excluding hydrogens is 488 g/mol. The van der Waals surface area contributed by atoms with Gasteiger partial charge in [0.2, 0.25) is 0 Å². The third kappa shape index (κ3) is 6.56. The first-order valence-electron chi connectivity index (χ1n) is 12.5. The lowest BCUT2D eigenvalue weighted by atomic mass is 10.0. The van der Waals surface area contributed by atoms with Gasteiger partial charge in [0, 0.05) is 5.56 Å². The Morgan fingerprint density at radius 2 is 1.46 bits per heavy atom. The van der Waals surface area contributed by atoms with Crippen LogP contribution in [0.4, 0.5) is 0 Å². The van der Waals surface area contributed by atoms with Gasteiger partial charge < -0.3 is 9.47 Å². The predicted molar refractivity (Wildman–Crippen MR) is 152 cm³/mol. The first-order chi connectivity index (χ1) is 19.0. The molecular formula is C33H26N2O4. The summed E-state index contributed by atoms with van der Waals surface area (Å²) in [6.07, 6.45) is 1.52. The van der Waals surface area contributed by atoms with E-state index in [1.165, 1.54) is 11.8 Å². The maximum absolute atomic E-state index is 12.7. The van der Waals surface area contributed by atoms with Gasteiger partial charge in [0.25, 0.3) is 5.91 Å². The number of nitrogens with one attached hydrogen (secondary N) is 1. The Balaban J connectivity index is 1.12. The quantitative estimate of drug-likeness (QED) is 0.108. The van der Waals surface area contributed by atoms with Crippen molar-refractivity contribution in [2.24, 2.45) is 5.10 Å². The van der Waals surface area contributed by atoms with Crippen molar-refractivity contribution in [1.29, 1.82) is 0 Å². The van der Waals surface area contributed by atoms with Gasteiger partial charge in [-0.05, 0) is 83.4 Å². The predicted octanol–water partition coefficient (Wildman–Crippen LogP) is 6.71. The van der Waals surface area contributed by atoms with Gasteiger partial charge in [0.05, 0.1) is 11.8 Å². The highest BCUT2D eigenvalue weighted by Crippen LogP contribution is 2.21. The highest BCUT2D eigenvalue weighted by molar-refractivity contribution is 6.05. The van der Waals surface area contributed by atoms with Crippen LogP contribution in [0, 0.1) is 6.92 Å². The number of amides is 1. The lowest BCUT2D eigenvalue weighted by Gasteiger charge is -2.08. The maximum Gasteiger partial charge on any atom is 0.344 e. The molecule has 0 aliphatic carbocycles. The fraction of sp³-hybridized carbons (Fsp3) is 0.0606. The molecule has 0 fully saturated rings. The molecule has 5 rings (SSSR count). The minimum atomic E-state index is -0.424. The van der Waals surface area contributed by atoms with Crippen LogP contribution in [0.15, 0.2) is 120 Å². The Kier molecular flexibility index (Phi) is 7.74. The Morgan fingerprint density at radius 3 is 2.23 bits per heavy atom. The minimum Gasteiger partial charge on any atom is -0.489 e. The van der Waals surface area contributed by atoms with Gasteiger partial charge in [0.15, 0.2) is 0 Å². The number of rotatable bonds is 8. The third-order valence-corrected chi connectivity index (χ3v) is 6.12. The second kappa shape index (κ2) is 11.9. The SMILES string of the molecule is Cc1ccc(COc2ccc(C(=O)NN=Cc3ccc(OC(=O)c4cccc5ccccc45)cc3)cc2)cc1. The van der Waals surface area contributed by atoms with E-state index in [-0.39, 0.29) is 5.91 Å². The summed E-state index contributed by atoms with van der Waals surface area (Å²) in [5, 5.41) is 5.85. The molecule has 5 aromatic carbocycles. The van der Waals surface area contributed by atoms with Gasteiger partial charge in [-0.25, -0.2) is 10.2 Å². The van der Waals surface area contributed by atoms with Crippen LogP contribution in [-0.4, -0.2) is 18.1 Å². The van der Waals surface area contributed by atoms with Crippen LogP contribution in [0.3, 0.4) is 0 Å². The molecule has 6 heteroatoms. The third-order valence-electron chi connectivity index (χ3n) is 6.12. The fourth-order valence-electron chi connectivity index (χ4n) is 3.97. The van der Waals surface area contributed by atoms with Crippen LogP contribution >= 0.6 is 0 Å². The number of benzene rings is 5. The molecule has 0 atom stereocenters. The van der Waals surface area contributed by atoms with Crippen LogP contribution in [0.1, 0.15) is 37.4 Å². The summed E-state index contributed by atoms with van der Waals surface area (Å²) in [5.74, 6) is 0.333. The Labute approximate surface area is 226 Å². The molecule has 1 N–H and O–H groups in total. The Morgan fingerprint density at radius 1 is 0.769 bits per heavy atom. The fourth-order valence-corrected chi connectivity index (χ4v) is 3.97. The molecule has 1 amide bonds. The lowest BCUT2D eigenvalue weighted by molar-refractivity contribution is 0.0736. The summed E-state index contributed by atoms with van der Waals surface area (Å²) in [6.45, 7) is 2.50. The first-order valence-corrected chi connectivity index (χ1v) is 12.5. The Bertz CT molecular complexity index is 1620. The topological polar surface area (TPSA) is 77.0 Å². The van der Waals surface area contributed by atoms with Crippen LogP contribution in [-0.2, 0) is 6.61 Å². The van der Waals surface area contributed by atoms with Crippen molar-refractivity contribution in [2.75, 3.05) is 0 Å². The minimum absolute atomic E-state index is 0.336. The number of esters is 1. The normalized spacial score (nSPS) is 10.9. The molecule has 0 saturated carbocycles. The van der Waals surface area contributed by atoms with E-state index in [9.17, 15) is 9.59 Å². The molecule has 0 unspecified atom stereocenters. The van der Waals surface area contributed by atoms with Crippen LogP contribution in [0.25, 0.3) is 10.8 Å².